The van der Waals surface area contributed by atoms with Crippen molar-refractivity contribution in [2.24, 2.45) is 0 Å². The highest BCUT2D eigenvalue weighted by Crippen LogP contribution is 2.28. The topological polar surface area (TPSA) is 83.1 Å². The number of amides is 1. The summed E-state index contributed by atoms with van der Waals surface area (Å²) in [6, 6.07) is 12.4. The van der Waals surface area contributed by atoms with Crippen molar-refractivity contribution in [2.45, 2.75) is 26.2 Å². The van der Waals surface area contributed by atoms with Gasteiger partial charge in [0, 0.05) is 6.54 Å². The van der Waals surface area contributed by atoms with E-state index in [0.717, 1.165) is 24.2 Å². The van der Waals surface area contributed by atoms with Crippen molar-refractivity contribution >= 4 is 11.9 Å². The molecule has 0 aliphatic heterocycles. The third-order valence-corrected chi connectivity index (χ3v) is 4.38. The van der Waals surface area contributed by atoms with Crippen LogP contribution in [0.4, 0.5) is 0 Å². The number of ether oxygens (including phenoxy) is 4. The number of benzene rings is 2. The molecule has 162 valence electrons. The molecule has 0 spiro atoms. The summed E-state index contributed by atoms with van der Waals surface area (Å²) in [6.07, 6.45) is 2.62. The molecule has 0 unspecified atom stereocenters. The van der Waals surface area contributed by atoms with Crippen LogP contribution in [0.5, 0.6) is 17.2 Å². The minimum atomic E-state index is -0.598. The van der Waals surface area contributed by atoms with Gasteiger partial charge in [-0.15, -0.1) is 0 Å². The molecule has 1 amide bonds. The van der Waals surface area contributed by atoms with Crippen LogP contribution in [0.1, 0.15) is 35.7 Å². The predicted molar refractivity (Wildman–Crippen MR) is 113 cm³/mol. The van der Waals surface area contributed by atoms with Crippen LogP contribution in [0, 0.1) is 0 Å². The van der Waals surface area contributed by atoms with Crippen molar-refractivity contribution < 1.29 is 28.5 Å². The minimum absolute atomic E-state index is 0.292. The van der Waals surface area contributed by atoms with Gasteiger partial charge in [0.25, 0.3) is 5.91 Å². The molecule has 2 rings (SSSR count). The molecular formula is C23H29NO6. The predicted octanol–water partition coefficient (Wildman–Crippen LogP) is 3.40. The molecule has 30 heavy (non-hydrogen) atoms. The molecule has 2 aromatic carbocycles. The van der Waals surface area contributed by atoms with E-state index >= 15 is 0 Å². The van der Waals surface area contributed by atoms with Gasteiger partial charge in [0.05, 0.1) is 26.4 Å². The van der Waals surface area contributed by atoms with Gasteiger partial charge in [-0.25, -0.2) is 4.79 Å². The van der Waals surface area contributed by atoms with Gasteiger partial charge >= 0.3 is 5.97 Å². The van der Waals surface area contributed by atoms with Gasteiger partial charge < -0.3 is 24.3 Å². The molecule has 0 aromatic heterocycles. The molecule has 0 saturated carbocycles. The van der Waals surface area contributed by atoms with E-state index in [1.165, 1.54) is 7.11 Å². The quantitative estimate of drug-likeness (QED) is 0.423. The van der Waals surface area contributed by atoms with Gasteiger partial charge in [-0.1, -0.05) is 25.5 Å². The van der Waals surface area contributed by atoms with Crippen molar-refractivity contribution in [3.8, 4) is 17.2 Å². The summed E-state index contributed by atoms with van der Waals surface area (Å²) in [5.74, 6) is 0.845. The molecule has 0 atom stereocenters. The van der Waals surface area contributed by atoms with Crippen LogP contribution in [-0.4, -0.2) is 45.9 Å². The maximum absolute atomic E-state index is 12.2. The number of methoxy groups -OCH3 is 2. The summed E-state index contributed by atoms with van der Waals surface area (Å²) >= 11 is 0. The standard InChI is InChI=1S/C23H29NO6/c1-4-5-14-29-20-11-8-18(15-21(20)28-3)23(26)30-16-22(25)24-13-12-17-6-9-19(27-2)10-7-17/h6-11,15H,4-5,12-14,16H2,1-3H3,(H,24,25). The van der Waals surface area contributed by atoms with Crippen LogP contribution in [-0.2, 0) is 16.0 Å². The van der Waals surface area contributed by atoms with Crippen molar-refractivity contribution in [2.75, 3.05) is 34.0 Å². The number of carbonyl (C=O) groups excluding carboxylic acids is 2. The summed E-state index contributed by atoms with van der Waals surface area (Å²) in [5, 5.41) is 2.73. The Morgan fingerprint density at radius 2 is 1.73 bits per heavy atom. The minimum Gasteiger partial charge on any atom is -0.497 e. The Bertz CT molecular complexity index is 819. The van der Waals surface area contributed by atoms with E-state index in [9.17, 15) is 9.59 Å². The monoisotopic (exact) mass is 415 g/mol. The summed E-state index contributed by atoms with van der Waals surface area (Å²) in [4.78, 5) is 24.2. The van der Waals surface area contributed by atoms with Gasteiger partial charge in [-0.2, -0.15) is 0 Å². The molecule has 7 heteroatoms. The first kappa shape index (κ1) is 23.1. The second-order valence-electron chi connectivity index (χ2n) is 6.59. The number of esters is 1. The third kappa shape index (κ3) is 7.31. The number of nitrogens with one attached hydrogen (secondary N) is 1. The summed E-state index contributed by atoms with van der Waals surface area (Å²) in [5.41, 5.74) is 1.36. The molecule has 0 radical (unpaired) electrons. The van der Waals surface area contributed by atoms with Crippen molar-refractivity contribution in [3.05, 3.63) is 53.6 Å². The Kier molecular flexibility index (Phi) is 9.51. The van der Waals surface area contributed by atoms with Gasteiger partial charge in [0.1, 0.15) is 5.75 Å². The second-order valence-corrected chi connectivity index (χ2v) is 6.59. The number of carbonyl (C=O) groups is 2. The molecule has 1 N–H and O–H groups in total. The Morgan fingerprint density at radius 1 is 0.967 bits per heavy atom. The average Bonchev–Trinajstić information content (AvgIpc) is 2.78. The van der Waals surface area contributed by atoms with E-state index in [1.54, 1.807) is 25.3 Å². The van der Waals surface area contributed by atoms with E-state index in [0.29, 0.717) is 36.6 Å². The lowest BCUT2D eigenvalue weighted by Crippen LogP contribution is -2.30. The summed E-state index contributed by atoms with van der Waals surface area (Å²) in [7, 11) is 3.12. The maximum atomic E-state index is 12.2. The van der Waals surface area contributed by atoms with E-state index < -0.39 is 5.97 Å². The fraction of sp³-hybridized carbons (Fsp3) is 0.391. The highest BCUT2D eigenvalue weighted by Gasteiger charge is 2.14. The summed E-state index contributed by atoms with van der Waals surface area (Å²) in [6.45, 7) is 2.75. The molecule has 7 nitrogen and oxygen atoms in total. The van der Waals surface area contributed by atoms with Gasteiger partial charge in [0.15, 0.2) is 18.1 Å². The van der Waals surface area contributed by atoms with Crippen LogP contribution < -0.4 is 19.5 Å². The number of hydrogen-bond acceptors (Lipinski definition) is 6. The lowest BCUT2D eigenvalue weighted by Gasteiger charge is -2.12. The van der Waals surface area contributed by atoms with Crippen molar-refractivity contribution in [1.29, 1.82) is 0 Å². The largest absolute Gasteiger partial charge is 0.497 e. The lowest BCUT2D eigenvalue weighted by molar-refractivity contribution is -0.124. The van der Waals surface area contributed by atoms with Gasteiger partial charge in [-0.05, 0) is 48.7 Å². The van der Waals surface area contributed by atoms with Crippen LogP contribution in [0.3, 0.4) is 0 Å². The second kappa shape index (κ2) is 12.4. The molecule has 0 heterocycles. The Hall–Kier alpha value is -3.22. The molecule has 0 aliphatic carbocycles. The molecular weight excluding hydrogens is 386 g/mol. The highest BCUT2D eigenvalue weighted by molar-refractivity contribution is 5.92. The van der Waals surface area contributed by atoms with Crippen LogP contribution in [0.25, 0.3) is 0 Å². The van der Waals surface area contributed by atoms with Crippen LogP contribution in [0.15, 0.2) is 42.5 Å². The third-order valence-electron chi connectivity index (χ3n) is 4.38. The van der Waals surface area contributed by atoms with Gasteiger partial charge in [-0.3, -0.25) is 4.79 Å². The smallest absolute Gasteiger partial charge is 0.338 e. The number of rotatable bonds is 12. The maximum Gasteiger partial charge on any atom is 0.338 e. The highest BCUT2D eigenvalue weighted by atomic mass is 16.5. The Morgan fingerprint density at radius 3 is 2.40 bits per heavy atom. The fourth-order valence-electron chi connectivity index (χ4n) is 2.64. The first-order valence-corrected chi connectivity index (χ1v) is 9.95. The molecule has 0 saturated heterocycles. The van der Waals surface area contributed by atoms with Crippen LogP contribution >= 0.6 is 0 Å². The molecule has 0 aliphatic rings. The summed E-state index contributed by atoms with van der Waals surface area (Å²) < 4.78 is 21.1. The van der Waals surface area contributed by atoms with E-state index in [1.807, 2.05) is 24.3 Å². The molecule has 2 aromatic rings. The van der Waals surface area contributed by atoms with Crippen molar-refractivity contribution in [1.82, 2.24) is 5.32 Å². The van der Waals surface area contributed by atoms with E-state index in [-0.39, 0.29) is 12.5 Å². The zero-order chi connectivity index (χ0) is 21.8. The number of hydrogen-bond donors (Lipinski definition) is 1. The lowest BCUT2D eigenvalue weighted by atomic mass is 10.1. The fourth-order valence-corrected chi connectivity index (χ4v) is 2.64. The van der Waals surface area contributed by atoms with E-state index in [2.05, 4.69) is 12.2 Å². The molecule has 0 fully saturated rings. The SMILES string of the molecule is CCCCOc1ccc(C(=O)OCC(=O)NCCc2ccc(OC)cc2)cc1OC. The Labute approximate surface area is 177 Å². The first-order chi connectivity index (χ1) is 14.6. The normalized spacial score (nSPS) is 10.2. The molecule has 0 bridgehead atoms. The van der Waals surface area contributed by atoms with Gasteiger partial charge in [0.2, 0.25) is 0 Å². The number of unbranched alkanes of at least 4 members (excludes halogenated alkanes) is 1. The van der Waals surface area contributed by atoms with Crippen LogP contribution in [0.2, 0.25) is 0 Å². The zero-order valence-electron chi connectivity index (χ0n) is 17.7. The van der Waals surface area contributed by atoms with E-state index in [4.69, 9.17) is 18.9 Å². The van der Waals surface area contributed by atoms with Crippen molar-refractivity contribution in [3.63, 3.8) is 0 Å². The average molecular weight is 415 g/mol. The Balaban J connectivity index is 1.77. The first-order valence-electron chi connectivity index (χ1n) is 9.95. The zero-order valence-corrected chi connectivity index (χ0v) is 17.7.